The Bertz CT molecular complexity index is 236. The summed E-state index contributed by atoms with van der Waals surface area (Å²) in [5, 5.41) is 9.62. The number of hydrogen-bond donors (Lipinski definition) is 1. The number of alkyl halides is 1. The fourth-order valence-corrected chi connectivity index (χ4v) is 2.29. The fraction of sp³-hybridized carbons (Fsp3) is 0.909. The predicted octanol–water partition coefficient (Wildman–Crippen LogP) is 0.529. The highest BCUT2D eigenvalue weighted by Gasteiger charge is 2.33. The van der Waals surface area contributed by atoms with Crippen molar-refractivity contribution in [2.24, 2.45) is 0 Å². The number of likely N-dealkylation sites (N-methyl/N-ethyl adjacent to an activating group) is 1. The molecule has 1 rings (SSSR count). The minimum absolute atomic E-state index is 0.115. The van der Waals surface area contributed by atoms with Gasteiger partial charge in [0.1, 0.15) is 0 Å². The molecule has 0 aromatic heterocycles. The quantitative estimate of drug-likeness (QED) is 0.722. The van der Waals surface area contributed by atoms with Crippen LogP contribution in [0.25, 0.3) is 0 Å². The third kappa shape index (κ3) is 3.92. The smallest absolute Gasteiger partial charge is 0.222 e. The Labute approximate surface area is 102 Å². The highest BCUT2D eigenvalue weighted by molar-refractivity contribution is 6.17. The number of carbonyl (C=O) groups excluding carboxylic acids is 1. The molecule has 1 saturated heterocycles. The van der Waals surface area contributed by atoms with Crippen molar-refractivity contribution in [1.29, 1.82) is 0 Å². The molecule has 4 nitrogen and oxygen atoms in total. The van der Waals surface area contributed by atoms with Gasteiger partial charge in [-0.1, -0.05) is 0 Å². The van der Waals surface area contributed by atoms with E-state index in [2.05, 4.69) is 0 Å². The first-order valence-electron chi connectivity index (χ1n) is 5.72. The molecule has 0 bridgehead atoms. The molecule has 1 aliphatic heterocycles. The first-order chi connectivity index (χ1) is 7.54. The summed E-state index contributed by atoms with van der Waals surface area (Å²) < 4.78 is 0. The Balaban J connectivity index is 2.51. The highest BCUT2D eigenvalue weighted by Crippen LogP contribution is 2.19. The Kier molecular flexibility index (Phi) is 5.52. The topological polar surface area (TPSA) is 43.8 Å². The Morgan fingerprint density at radius 2 is 2.25 bits per heavy atom. The van der Waals surface area contributed by atoms with Crippen LogP contribution in [0.5, 0.6) is 0 Å². The minimum atomic E-state index is -0.370. The normalized spacial score (nSPS) is 25.4. The van der Waals surface area contributed by atoms with Gasteiger partial charge in [-0.15, -0.1) is 11.6 Å². The second kappa shape index (κ2) is 6.42. The number of aliphatic hydroxyl groups excluding tert-OH is 1. The second-order valence-electron chi connectivity index (χ2n) is 4.64. The van der Waals surface area contributed by atoms with Gasteiger partial charge < -0.3 is 14.9 Å². The molecule has 0 aromatic rings. The van der Waals surface area contributed by atoms with Crippen molar-refractivity contribution in [2.45, 2.75) is 31.4 Å². The van der Waals surface area contributed by atoms with Crippen LogP contribution in [0.4, 0.5) is 0 Å². The predicted molar refractivity (Wildman–Crippen MR) is 64.6 cm³/mol. The summed E-state index contributed by atoms with van der Waals surface area (Å²) in [5.41, 5.74) is 0. The Morgan fingerprint density at radius 3 is 2.81 bits per heavy atom. The largest absolute Gasteiger partial charge is 0.391 e. The molecule has 0 aliphatic carbocycles. The lowest BCUT2D eigenvalue weighted by Gasteiger charge is -2.26. The van der Waals surface area contributed by atoms with Crippen LogP contribution in [-0.4, -0.2) is 66.0 Å². The number of amides is 1. The maximum atomic E-state index is 11.9. The van der Waals surface area contributed by atoms with Gasteiger partial charge in [-0.2, -0.15) is 0 Å². The summed E-state index contributed by atoms with van der Waals surface area (Å²) in [6.45, 7) is 1.28. The van der Waals surface area contributed by atoms with Crippen LogP contribution in [0.2, 0.25) is 0 Å². The number of β-amino-alcohol motifs (C(OH)–C–C–N with tert-alkyl or cyclic N) is 1. The molecule has 5 heteroatoms. The minimum Gasteiger partial charge on any atom is -0.391 e. The molecule has 2 unspecified atom stereocenters. The van der Waals surface area contributed by atoms with E-state index in [9.17, 15) is 9.90 Å². The van der Waals surface area contributed by atoms with Gasteiger partial charge in [0.25, 0.3) is 0 Å². The molecule has 94 valence electrons. The van der Waals surface area contributed by atoms with Crippen molar-refractivity contribution in [3.63, 3.8) is 0 Å². The van der Waals surface area contributed by atoms with Gasteiger partial charge in [0.15, 0.2) is 0 Å². The number of rotatable bonds is 5. The molecular weight excluding hydrogens is 228 g/mol. The van der Waals surface area contributed by atoms with E-state index in [1.807, 2.05) is 19.0 Å². The summed E-state index contributed by atoms with van der Waals surface area (Å²) >= 11 is 5.57. The molecule has 0 spiro atoms. The van der Waals surface area contributed by atoms with Gasteiger partial charge in [0.05, 0.1) is 6.10 Å². The lowest BCUT2D eigenvalue weighted by molar-refractivity contribution is -0.132. The van der Waals surface area contributed by atoms with Crippen LogP contribution >= 0.6 is 11.6 Å². The summed E-state index contributed by atoms with van der Waals surface area (Å²) in [6, 6.07) is 0.146. The van der Waals surface area contributed by atoms with Gasteiger partial charge >= 0.3 is 0 Å². The number of halogens is 1. The average molecular weight is 249 g/mol. The van der Waals surface area contributed by atoms with E-state index in [0.29, 0.717) is 31.7 Å². The molecule has 2 atom stereocenters. The monoisotopic (exact) mass is 248 g/mol. The first-order valence-corrected chi connectivity index (χ1v) is 6.26. The molecular formula is C11H21ClN2O2. The summed E-state index contributed by atoms with van der Waals surface area (Å²) in [7, 11) is 3.96. The van der Waals surface area contributed by atoms with Crippen LogP contribution in [-0.2, 0) is 4.79 Å². The lowest BCUT2D eigenvalue weighted by Crippen LogP contribution is -2.41. The Morgan fingerprint density at radius 1 is 1.56 bits per heavy atom. The van der Waals surface area contributed by atoms with Crippen molar-refractivity contribution >= 4 is 17.5 Å². The van der Waals surface area contributed by atoms with E-state index < -0.39 is 0 Å². The number of nitrogens with zero attached hydrogens (tertiary/aromatic N) is 2. The van der Waals surface area contributed by atoms with E-state index in [0.717, 1.165) is 6.54 Å². The van der Waals surface area contributed by atoms with Crippen LogP contribution in [0.3, 0.4) is 0 Å². The van der Waals surface area contributed by atoms with Gasteiger partial charge in [-0.3, -0.25) is 4.79 Å². The Hall–Kier alpha value is -0.320. The molecule has 16 heavy (non-hydrogen) atoms. The molecule has 0 radical (unpaired) electrons. The van der Waals surface area contributed by atoms with Gasteiger partial charge in [-0.25, -0.2) is 0 Å². The second-order valence-corrected chi connectivity index (χ2v) is 5.02. The van der Waals surface area contributed by atoms with Gasteiger partial charge in [-0.05, 0) is 26.9 Å². The van der Waals surface area contributed by atoms with Gasteiger partial charge in [0, 0.05) is 31.4 Å². The molecule has 1 N–H and O–H groups in total. The molecule has 0 saturated carbocycles. The third-order valence-corrected chi connectivity index (χ3v) is 3.08. The maximum Gasteiger partial charge on any atom is 0.222 e. The van der Waals surface area contributed by atoms with E-state index in [4.69, 9.17) is 11.6 Å². The fourth-order valence-electron chi connectivity index (χ4n) is 2.15. The standard InChI is InChI=1S/C11H21ClN2O2/c1-13(2)7-9-6-10(15)8-14(9)11(16)4-3-5-12/h9-10,15H,3-8H2,1-2H3. The van der Waals surface area contributed by atoms with Crippen molar-refractivity contribution in [1.82, 2.24) is 9.80 Å². The van der Waals surface area contributed by atoms with Crippen molar-refractivity contribution in [3.8, 4) is 0 Å². The van der Waals surface area contributed by atoms with Crippen LogP contribution < -0.4 is 0 Å². The van der Waals surface area contributed by atoms with Crippen LogP contribution in [0, 0.1) is 0 Å². The zero-order valence-corrected chi connectivity index (χ0v) is 10.8. The van der Waals surface area contributed by atoms with Gasteiger partial charge in [0.2, 0.25) is 5.91 Å². The van der Waals surface area contributed by atoms with E-state index in [1.54, 1.807) is 4.90 Å². The third-order valence-electron chi connectivity index (χ3n) is 2.81. The maximum absolute atomic E-state index is 11.9. The first kappa shape index (κ1) is 13.7. The average Bonchev–Trinajstić information content (AvgIpc) is 2.55. The molecule has 1 aliphatic rings. The molecule has 0 aromatic carbocycles. The highest BCUT2D eigenvalue weighted by atomic mass is 35.5. The molecule has 1 amide bonds. The zero-order chi connectivity index (χ0) is 12.1. The number of hydrogen-bond acceptors (Lipinski definition) is 3. The molecule has 1 heterocycles. The number of carbonyl (C=O) groups is 1. The van der Waals surface area contributed by atoms with Crippen molar-refractivity contribution in [2.75, 3.05) is 33.1 Å². The summed E-state index contributed by atoms with van der Waals surface area (Å²) in [4.78, 5) is 15.7. The van der Waals surface area contributed by atoms with Crippen molar-refractivity contribution in [3.05, 3.63) is 0 Å². The lowest BCUT2D eigenvalue weighted by atomic mass is 10.2. The number of aliphatic hydroxyl groups is 1. The zero-order valence-electron chi connectivity index (χ0n) is 10.0. The molecule has 1 fully saturated rings. The van der Waals surface area contributed by atoms with Crippen LogP contribution in [0.1, 0.15) is 19.3 Å². The number of likely N-dealkylation sites (tertiary alicyclic amines) is 1. The van der Waals surface area contributed by atoms with E-state index in [1.165, 1.54) is 0 Å². The van der Waals surface area contributed by atoms with Crippen molar-refractivity contribution < 1.29 is 9.90 Å². The van der Waals surface area contributed by atoms with E-state index in [-0.39, 0.29) is 18.1 Å². The van der Waals surface area contributed by atoms with Crippen LogP contribution in [0.15, 0.2) is 0 Å². The SMILES string of the molecule is CN(C)CC1CC(O)CN1C(=O)CCCCl. The summed E-state index contributed by atoms with van der Waals surface area (Å²) in [5.74, 6) is 0.629. The van der Waals surface area contributed by atoms with E-state index >= 15 is 0 Å². The summed E-state index contributed by atoms with van der Waals surface area (Å²) in [6.07, 6.45) is 1.51.